The van der Waals surface area contributed by atoms with E-state index in [2.05, 4.69) is 17.1 Å². The van der Waals surface area contributed by atoms with E-state index >= 15 is 0 Å². The molecular weight excluding hydrogens is 338 g/mol. The Morgan fingerprint density at radius 1 is 0.852 bits per heavy atom. The summed E-state index contributed by atoms with van der Waals surface area (Å²) in [7, 11) is 3.32. The van der Waals surface area contributed by atoms with Crippen LogP contribution in [0, 0.1) is 6.92 Å². The summed E-state index contributed by atoms with van der Waals surface area (Å²) in [5.74, 6) is 2.15. The largest absolute Gasteiger partial charge is 0.497 e. The Kier molecular flexibility index (Phi) is 4.59. The lowest BCUT2D eigenvalue weighted by atomic mass is 10.0. The molecular formula is C22H21N3O2. The lowest BCUT2D eigenvalue weighted by molar-refractivity contribution is 0.414. The highest BCUT2D eigenvalue weighted by Crippen LogP contribution is 2.23. The molecule has 0 N–H and O–H groups in total. The number of nitrogens with zero attached hydrogens (tertiary/aromatic N) is 3. The van der Waals surface area contributed by atoms with Gasteiger partial charge in [-0.05, 0) is 31.9 Å². The second-order valence-corrected chi connectivity index (χ2v) is 6.45. The average molecular weight is 359 g/mol. The minimum absolute atomic E-state index is 0.597. The Labute approximate surface area is 158 Å². The van der Waals surface area contributed by atoms with E-state index in [1.165, 1.54) is 0 Å². The SMILES string of the molecule is COc1cccc(-c2nc(-c3cc(OC)cc(C)n3)nc3c2=CCCC=3)c1. The summed E-state index contributed by atoms with van der Waals surface area (Å²) >= 11 is 0. The van der Waals surface area contributed by atoms with E-state index in [4.69, 9.17) is 19.4 Å². The van der Waals surface area contributed by atoms with Gasteiger partial charge < -0.3 is 9.47 Å². The fourth-order valence-electron chi connectivity index (χ4n) is 3.27. The lowest BCUT2D eigenvalue weighted by Gasteiger charge is -2.11. The molecule has 0 amide bonds. The third kappa shape index (κ3) is 3.40. The van der Waals surface area contributed by atoms with Gasteiger partial charge in [0.2, 0.25) is 0 Å². The van der Waals surface area contributed by atoms with Gasteiger partial charge in [-0.2, -0.15) is 0 Å². The molecule has 1 aromatic carbocycles. The smallest absolute Gasteiger partial charge is 0.179 e. The van der Waals surface area contributed by atoms with Crippen LogP contribution in [0.1, 0.15) is 18.5 Å². The Bertz CT molecular complexity index is 1120. The first-order chi connectivity index (χ1) is 13.2. The molecule has 2 aromatic heterocycles. The topological polar surface area (TPSA) is 57.1 Å². The molecule has 4 rings (SSSR count). The molecule has 27 heavy (non-hydrogen) atoms. The van der Waals surface area contributed by atoms with Gasteiger partial charge in [-0.15, -0.1) is 0 Å². The molecule has 0 fully saturated rings. The minimum Gasteiger partial charge on any atom is -0.497 e. The number of rotatable bonds is 4. The molecule has 5 nitrogen and oxygen atoms in total. The maximum absolute atomic E-state index is 5.39. The Morgan fingerprint density at radius 2 is 1.67 bits per heavy atom. The summed E-state index contributed by atoms with van der Waals surface area (Å²) in [6.45, 7) is 1.94. The number of methoxy groups -OCH3 is 2. The molecule has 0 aliphatic heterocycles. The highest BCUT2D eigenvalue weighted by molar-refractivity contribution is 5.67. The van der Waals surface area contributed by atoms with Gasteiger partial charge in [-0.25, -0.2) is 15.0 Å². The number of hydrogen-bond donors (Lipinski definition) is 0. The first-order valence-electron chi connectivity index (χ1n) is 8.94. The van der Waals surface area contributed by atoms with Crippen LogP contribution in [0.5, 0.6) is 11.5 Å². The second kappa shape index (κ2) is 7.19. The Morgan fingerprint density at radius 3 is 2.48 bits per heavy atom. The number of ether oxygens (including phenoxy) is 2. The van der Waals surface area contributed by atoms with Crippen molar-refractivity contribution in [3.05, 3.63) is 52.7 Å². The quantitative estimate of drug-likeness (QED) is 0.717. The highest BCUT2D eigenvalue weighted by atomic mass is 16.5. The van der Waals surface area contributed by atoms with E-state index in [9.17, 15) is 0 Å². The van der Waals surface area contributed by atoms with Gasteiger partial charge in [-0.1, -0.05) is 24.3 Å². The molecule has 3 aromatic rings. The maximum Gasteiger partial charge on any atom is 0.179 e. The molecule has 0 saturated heterocycles. The normalized spacial score (nSPS) is 12.6. The van der Waals surface area contributed by atoms with E-state index in [1.807, 2.05) is 43.3 Å². The van der Waals surface area contributed by atoms with E-state index in [1.54, 1.807) is 14.2 Å². The molecule has 1 aliphatic carbocycles. The molecule has 2 heterocycles. The van der Waals surface area contributed by atoms with Crippen molar-refractivity contribution in [3.8, 4) is 34.3 Å². The standard InChI is InChI=1S/C22H21N3O2/c1-14-11-17(27-3)13-20(23-14)22-24-19-10-5-4-9-18(19)21(25-22)15-7-6-8-16(12-15)26-2/h6-13H,4-5H2,1-3H3. The predicted octanol–water partition coefficient (Wildman–Crippen LogP) is 2.89. The molecule has 136 valence electrons. The molecule has 5 heteroatoms. The van der Waals surface area contributed by atoms with Gasteiger partial charge in [0.1, 0.15) is 17.2 Å². The minimum atomic E-state index is 0.597. The van der Waals surface area contributed by atoms with Crippen LogP contribution in [0.2, 0.25) is 0 Å². The number of fused-ring (bicyclic) bond motifs is 1. The van der Waals surface area contributed by atoms with Crippen LogP contribution in [0.15, 0.2) is 36.4 Å². The number of benzene rings is 1. The van der Waals surface area contributed by atoms with Gasteiger partial charge in [0, 0.05) is 28.6 Å². The number of pyridine rings is 1. The average Bonchev–Trinajstić information content (AvgIpc) is 2.72. The van der Waals surface area contributed by atoms with Crippen molar-refractivity contribution >= 4 is 12.2 Å². The fraction of sp³-hybridized carbons (Fsp3) is 0.227. The van der Waals surface area contributed by atoms with Crippen LogP contribution < -0.4 is 20.0 Å². The van der Waals surface area contributed by atoms with E-state index in [-0.39, 0.29) is 0 Å². The molecule has 0 atom stereocenters. The van der Waals surface area contributed by atoms with Crippen LogP contribution in [-0.4, -0.2) is 29.2 Å². The van der Waals surface area contributed by atoms with Gasteiger partial charge in [0.15, 0.2) is 5.82 Å². The first kappa shape index (κ1) is 17.2. The van der Waals surface area contributed by atoms with Crippen molar-refractivity contribution in [2.24, 2.45) is 0 Å². The second-order valence-electron chi connectivity index (χ2n) is 6.45. The highest BCUT2D eigenvalue weighted by Gasteiger charge is 2.13. The zero-order chi connectivity index (χ0) is 18.8. The van der Waals surface area contributed by atoms with Gasteiger partial charge >= 0.3 is 0 Å². The van der Waals surface area contributed by atoms with Crippen molar-refractivity contribution in [2.75, 3.05) is 14.2 Å². The summed E-state index contributed by atoms with van der Waals surface area (Å²) in [4.78, 5) is 14.3. The Hall–Kier alpha value is -3.21. The van der Waals surface area contributed by atoms with Crippen molar-refractivity contribution in [3.63, 3.8) is 0 Å². The van der Waals surface area contributed by atoms with Crippen molar-refractivity contribution in [2.45, 2.75) is 19.8 Å². The van der Waals surface area contributed by atoms with Crippen molar-refractivity contribution in [1.29, 1.82) is 0 Å². The van der Waals surface area contributed by atoms with Gasteiger partial charge in [-0.3, -0.25) is 0 Å². The zero-order valence-electron chi connectivity index (χ0n) is 15.7. The lowest BCUT2D eigenvalue weighted by Crippen LogP contribution is -2.33. The molecule has 0 radical (unpaired) electrons. The van der Waals surface area contributed by atoms with Gasteiger partial charge in [0.05, 0.1) is 25.3 Å². The maximum atomic E-state index is 5.39. The Balaban J connectivity index is 1.97. The molecule has 0 bridgehead atoms. The fourth-order valence-corrected chi connectivity index (χ4v) is 3.27. The van der Waals surface area contributed by atoms with E-state index < -0.39 is 0 Å². The summed E-state index contributed by atoms with van der Waals surface area (Å²) in [6, 6.07) is 11.7. The van der Waals surface area contributed by atoms with Crippen LogP contribution in [-0.2, 0) is 0 Å². The first-order valence-corrected chi connectivity index (χ1v) is 8.94. The van der Waals surface area contributed by atoms with Crippen LogP contribution in [0.25, 0.3) is 34.9 Å². The van der Waals surface area contributed by atoms with Crippen LogP contribution >= 0.6 is 0 Å². The van der Waals surface area contributed by atoms with E-state index in [0.29, 0.717) is 11.5 Å². The predicted molar refractivity (Wildman–Crippen MR) is 106 cm³/mol. The van der Waals surface area contributed by atoms with E-state index in [0.717, 1.165) is 51.9 Å². The van der Waals surface area contributed by atoms with Gasteiger partial charge in [0.25, 0.3) is 0 Å². The number of aryl methyl sites for hydroxylation is 1. The van der Waals surface area contributed by atoms with Crippen molar-refractivity contribution in [1.82, 2.24) is 15.0 Å². The van der Waals surface area contributed by atoms with Crippen molar-refractivity contribution < 1.29 is 9.47 Å². The summed E-state index contributed by atoms with van der Waals surface area (Å²) in [5.41, 5.74) is 3.47. The molecule has 0 unspecified atom stereocenters. The van der Waals surface area contributed by atoms with Crippen LogP contribution in [0.4, 0.5) is 0 Å². The summed E-state index contributed by atoms with van der Waals surface area (Å²) < 4.78 is 10.8. The molecule has 1 aliphatic rings. The third-order valence-electron chi connectivity index (χ3n) is 4.56. The third-order valence-corrected chi connectivity index (χ3v) is 4.56. The monoisotopic (exact) mass is 359 g/mol. The molecule has 0 spiro atoms. The number of hydrogen-bond acceptors (Lipinski definition) is 5. The molecule has 0 saturated carbocycles. The zero-order valence-corrected chi connectivity index (χ0v) is 15.7. The number of aromatic nitrogens is 3. The summed E-state index contributed by atoms with van der Waals surface area (Å²) in [6.07, 6.45) is 6.34. The van der Waals surface area contributed by atoms with Crippen LogP contribution in [0.3, 0.4) is 0 Å². The summed E-state index contributed by atoms with van der Waals surface area (Å²) in [5, 5.41) is 2.02.